The molecule has 0 spiro atoms. The summed E-state index contributed by atoms with van der Waals surface area (Å²) in [5.41, 5.74) is 5.37. The molecule has 0 amide bonds. The van der Waals surface area contributed by atoms with E-state index in [0.717, 1.165) is 37.6 Å². The minimum absolute atomic E-state index is 0.160. The smallest absolute Gasteiger partial charge is 0.166 e. The van der Waals surface area contributed by atoms with E-state index in [2.05, 4.69) is 67.8 Å². The molecule has 0 saturated heterocycles. The Labute approximate surface area is 185 Å². The van der Waals surface area contributed by atoms with Crippen LogP contribution in [-0.4, -0.2) is 38.5 Å². The van der Waals surface area contributed by atoms with Crippen LogP contribution in [0, 0.1) is 6.92 Å². The minimum atomic E-state index is 0.160. The number of aryl methyl sites for hydroxylation is 1. The highest BCUT2D eigenvalue weighted by atomic mass is 32.1. The number of thiocarbonyl (C=S) groups is 1. The number of hydrogen-bond acceptors (Lipinski definition) is 3. The molecule has 2 aromatic rings. The van der Waals surface area contributed by atoms with Gasteiger partial charge in [0.1, 0.15) is 12.6 Å². The molecule has 162 valence electrons. The van der Waals surface area contributed by atoms with E-state index >= 15 is 0 Å². The lowest BCUT2D eigenvalue weighted by molar-refractivity contribution is -0.948. The van der Waals surface area contributed by atoms with Crippen LogP contribution in [-0.2, 0) is 13.0 Å². The zero-order valence-electron chi connectivity index (χ0n) is 18.7. The highest BCUT2D eigenvalue weighted by Gasteiger charge is 2.37. The van der Waals surface area contributed by atoms with Crippen molar-refractivity contribution in [1.82, 2.24) is 10.6 Å². The Morgan fingerprint density at radius 2 is 1.90 bits per heavy atom. The average Bonchev–Trinajstić information content (AvgIpc) is 2.74. The van der Waals surface area contributed by atoms with Crippen molar-refractivity contribution in [3.63, 3.8) is 0 Å². The predicted octanol–water partition coefficient (Wildman–Crippen LogP) is 2.57. The second-order valence-corrected chi connectivity index (χ2v) is 8.35. The summed E-state index contributed by atoms with van der Waals surface area (Å²) in [4.78, 5) is 1.53. The highest BCUT2D eigenvalue weighted by molar-refractivity contribution is 7.80. The molecule has 3 atom stereocenters. The number of ether oxygens (including phenoxy) is 2. The topological polar surface area (TPSA) is 47.0 Å². The van der Waals surface area contributed by atoms with Crippen molar-refractivity contribution in [1.29, 1.82) is 0 Å². The van der Waals surface area contributed by atoms with Crippen LogP contribution in [0.1, 0.15) is 42.1 Å². The summed E-state index contributed by atoms with van der Waals surface area (Å²) in [6, 6.07) is 13.4. The number of benzene rings is 2. The number of hydrogen-bond donors (Lipinski definition) is 3. The third kappa shape index (κ3) is 4.87. The SMILES string of the molecule is CCNC(=S)N[C@@H](C)[C@@H]1c2cc(OC)c(OC)cc2CC[NH+]1Cc1ccccc1C. The molecule has 1 heterocycles. The molecule has 1 aliphatic heterocycles. The lowest BCUT2D eigenvalue weighted by Crippen LogP contribution is -3.13. The van der Waals surface area contributed by atoms with Gasteiger partial charge in [-0.3, -0.25) is 0 Å². The molecule has 0 aliphatic carbocycles. The van der Waals surface area contributed by atoms with Crippen LogP contribution in [0.3, 0.4) is 0 Å². The van der Waals surface area contributed by atoms with Gasteiger partial charge in [0.05, 0.1) is 26.8 Å². The van der Waals surface area contributed by atoms with Crippen molar-refractivity contribution in [2.45, 2.75) is 45.8 Å². The summed E-state index contributed by atoms with van der Waals surface area (Å²) < 4.78 is 11.2. The number of methoxy groups -OCH3 is 2. The van der Waals surface area contributed by atoms with Gasteiger partial charge in [-0.25, -0.2) is 0 Å². The Bertz CT molecular complexity index is 887. The van der Waals surface area contributed by atoms with E-state index in [1.807, 2.05) is 0 Å². The first-order chi connectivity index (χ1) is 14.5. The Hall–Kier alpha value is -2.31. The Morgan fingerprint density at radius 3 is 2.57 bits per heavy atom. The van der Waals surface area contributed by atoms with E-state index in [0.29, 0.717) is 5.11 Å². The molecular weight excluding hydrogens is 394 g/mol. The fourth-order valence-corrected chi connectivity index (χ4v) is 4.82. The zero-order valence-corrected chi connectivity index (χ0v) is 19.5. The first-order valence-electron chi connectivity index (χ1n) is 10.7. The molecule has 2 aromatic carbocycles. The lowest BCUT2D eigenvalue weighted by atomic mass is 9.87. The van der Waals surface area contributed by atoms with Crippen molar-refractivity contribution in [3.8, 4) is 11.5 Å². The number of quaternary nitrogens is 1. The van der Waals surface area contributed by atoms with Gasteiger partial charge in [0.2, 0.25) is 0 Å². The maximum atomic E-state index is 5.63. The number of nitrogens with one attached hydrogen (secondary N) is 3. The van der Waals surface area contributed by atoms with Crippen LogP contribution in [0.4, 0.5) is 0 Å². The van der Waals surface area contributed by atoms with Crippen LogP contribution < -0.4 is 25.0 Å². The fraction of sp³-hybridized carbons (Fsp3) is 0.458. The van der Waals surface area contributed by atoms with E-state index in [9.17, 15) is 0 Å². The van der Waals surface area contributed by atoms with Gasteiger partial charge in [-0.05, 0) is 56.2 Å². The van der Waals surface area contributed by atoms with Gasteiger partial charge in [0, 0.05) is 24.1 Å². The second-order valence-electron chi connectivity index (χ2n) is 7.94. The van der Waals surface area contributed by atoms with E-state index in [1.165, 1.54) is 27.2 Å². The average molecular weight is 429 g/mol. The molecule has 30 heavy (non-hydrogen) atoms. The molecule has 0 radical (unpaired) electrons. The van der Waals surface area contributed by atoms with Crippen LogP contribution in [0.5, 0.6) is 11.5 Å². The quantitative estimate of drug-likeness (QED) is 0.592. The molecule has 3 N–H and O–H groups in total. The Morgan fingerprint density at radius 1 is 1.20 bits per heavy atom. The summed E-state index contributed by atoms with van der Waals surface area (Å²) in [5, 5.41) is 7.44. The van der Waals surface area contributed by atoms with Gasteiger partial charge in [-0.2, -0.15) is 0 Å². The number of fused-ring (bicyclic) bond motifs is 1. The normalized spacial score (nSPS) is 18.8. The molecule has 5 nitrogen and oxygen atoms in total. The Kier molecular flexibility index (Phi) is 7.56. The number of rotatable bonds is 7. The van der Waals surface area contributed by atoms with Gasteiger partial charge in [0.25, 0.3) is 0 Å². The lowest BCUT2D eigenvalue weighted by Gasteiger charge is -2.38. The van der Waals surface area contributed by atoms with E-state index in [-0.39, 0.29) is 12.1 Å². The Balaban J connectivity index is 1.99. The summed E-state index contributed by atoms with van der Waals surface area (Å²) >= 11 is 5.50. The van der Waals surface area contributed by atoms with Crippen molar-refractivity contribution in [2.75, 3.05) is 27.3 Å². The van der Waals surface area contributed by atoms with Crippen LogP contribution >= 0.6 is 12.2 Å². The van der Waals surface area contributed by atoms with Gasteiger partial charge in [-0.15, -0.1) is 0 Å². The fourth-order valence-electron chi connectivity index (χ4n) is 4.49. The first kappa shape index (κ1) is 22.4. The largest absolute Gasteiger partial charge is 0.493 e. The van der Waals surface area contributed by atoms with Crippen LogP contribution in [0.15, 0.2) is 36.4 Å². The minimum Gasteiger partial charge on any atom is -0.493 e. The maximum absolute atomic E-state index is 5.63. The highest BCUT2D eigenvalue weighted by Crippen LogP contribution is 2.35. The van der Waals surface area contributed by atoms with Gasteiger partial charge >= 0.3 is 0 Å². The van der Waals surface area contributed by atoms with Crippen LogP contribution in [0.25, 0.3) is 0 Å². The first-order valence-corrected chi connectivity index (χ1v) is 11.1. The maximum Gasteiger partial charge on any atom is 0.166 e. The molecule has 1 aliphatic rings. The molecule has 3 rings (SSSR count). The third-order valence-corrected chi connectivity index (χ3v) is 6.27. The second kappa shape index (κ2) is 10.1. The molecule has 0 aromatic heterocycles. The van der Waals surface area contributed by atoms with E-state index in [1.54, 1.807) is 14.2 Å². The van der Waals surface area contributed by atoms with Crippen molar-refractivity contribution in [3.05, 3.63) is 58.7 Å². The van der Waals surface area contributed by atoms with Crippen LogP contribution in [0.2, 0.25) is 0 Å². The van der Waals surface area contributed by atoms with Crippen molar-refractivity contribution < 1.29 is 14.4 Å². The molecule has 0 fully saturated rings. The summed E-state index contributed by atoms with van der Waals surface area (Å²) in [6.07, 6.45) is 1.01. The summed E-state index contributed by atoms with van der Waals surface area (Å²) in [7, 11) is 3.39. The monoisotopic (exact) mass is 428 g/mol. The summed E-state index contributed by atoms with van der Waals surface area (Å²) in [6.45, 7) is 9.31. The molecule has 1 unspecified atom stereocenters. The third-order valence-electron chi connectivity index (χ3n) is 6.01. The van der Waals surface area contributed by atoms with Crippen molar-refractivity contribution >= 4 is 17.3 Å². The van der Waals surface area contributed by atoms with E-state index in [4.69, 9.17) is 21.7 Å². The zero-order chi connectivity index (χ0) is 21.7. The summed E-state index contributed by atoms with van der Waals surface area (Å²) in [5.74, 6) is 1.57. The standard InChI is InChI=1S/C24H33N3O2S/c1-6-25-24(30)26-17(3)23-20-14-22(29-5)21(28-4)13-18(20)11-12-27(23)15-19-10-8-7-9-16(19)2/h7-10,13-14,17,23H,6,11-12,15H2,1-5H3,(H2,25,26,30)/p+1/t17-,23+/m0/s1. The van der Waals surface area contributed by atoms with Gasteiger partial charge in [-0.1, -0.05) is 24.3 Å². The molecular formula is C24H34N3O2S+. The molecule has 0 bridgehead atoms. The predicted molar refractivity (Wildman–Crippen MR) is 126 cm³/mol. The van der Waals surface area contributed by atoms with Crippen molar-refractivity contribution in [2.24, 2.45) is 0 Å². The molecule has 0 saturated carbocycles. The van der Waals surface area contributed by atoms with E-state index < -0.39 is 0 Å². The van der Waals surface area contributed by atoms with Gasteiger partial charge in [0.15, 0.2) is 16.6 Å². The van der Waals surface area contributed by atoms with Gasteiger partial charge < -0.3 is 25.0 Å². The molecule has 6 heteroatoms.